The molecular weight excluding hydrogens is 270 g/mol. The molecule has 6 heteroatoms. The van der Waals surface area contributed by atoms with Gasteiger partial charge < -0.3 is 0 Å². The quantitative estimate of drug-likeness (QED) is 0.569. The highest BCUT2D eigenvalue weighted by Gasteiger charge is 2.46. The maximum absolute atomic E-state index is 8.49. The number of hydrogen-bond acceptors (Lipinski definition) is 4. The fourth-order valence-electron chi connectivity index (χ4n) is 3.53. The molecule has 0 spiro atoms. The summed E-state index contributed by atoms with van der Waals surface area (Å²) >= 11 is 0. The number of hydrogen-bond donors (Lipinski definition) is 0. The molecule has 2 fully saturated rings. The molecule has 2 saturated heterocycles. The first kappa shape index (κ1) is 14.7. The Labute approximate surface area is 115 Å². The van der Waals surface area contributed by atoms with Crippen molar-refractivity contribution in [3.63, 3.8) is 0 Å². The van der Waals surface area contributed by atoms with Gasteiger partial charge in [0.15, 0.2) is 0 Å². The van der Waals surface area contributed by atoms with Gasteiger partial charge in [-0.1, -0.05) is 18.2 Å². The minimum atomic E-state index is -4.94. The highest BCUT2D eigenvalue weighted by molar-refractivity contribution is 5.45. The van der Waals surface area contributed by atoms with Gasteiger partial charge in [0.05, 0.1) is 19.1 Å². The fourth-order valence-corrected chi connectivity index (χ4v) is 3.53. The summed E-state index contributed by atoms with van der Waals surface area (Å²) in [5.41, 5.74) is 1.56. The topological polar surface area (TPSA) is 92.2 Å². The number of benzene rings is 1. The minimum Gasteiger partial charge on any atom is -0.289 e. The van der Waals surface area contributed by atoms with Crippen LogP contribution < -0.4 is 23.1 Å². The maximum atomic E-state index is 8.49. The average molecular weight is 288 g/mol. The zero-order valence-electron chi connectivity index (χ0n) is 10.7. The molecule has 0 N–H and O–H groups in total. The Balaban J connectivity index is 0.000000232. The third-order valence-corrected chi connectivity index (χ3v) is 4.16. The molecule has 2 heterocycles. The van der Waals surface area contributed by atoms with Gasteiger partial charge in [-0.05, 0) is 12.1 Å². The second kappa shape index (κ2) is 5.75. The van der Waals surface area contributed by atoms with E-state index in [2.05, 4.69) is 30.3 Å². The highest BCUT2D eigenvalue weighted by Crippen LogP contribution is 2.40. The third kappa shape index (κ3) is 3.66. The van der Waals surface area contributed by atoms with E-state index in [1.807, 2.05) is 0 Å². The molecule has 0 atom stereocenters. The van der Waals surface area contributed by atoms with Gasteiger partial charge in [0, 0.05) is 25.7 Å². The molecular formula is C13H18ClNO4. The van der Waals surface area contributed by atoms with Crippen molar-refractivity contribution in [1.82, 2.24) is 4.48 Å². The first-order chi connectivity index (χ1) is 8.92. The zero-order valence-corrected chi connectivity index (χ0v) is 11.4. The lowest BCUT2D eigenvalue weighted by Crippen LogP contribution is -2.68. The van der Waals surface area contributed by atoms with Gasteiger partial charge in [-0.15, -0.1) is 10.2 Å². The maximum Gasteiger partial charge on any atom is 0.133 e. The number of rotatable bonds is 1. The molecule has 0 aliphatic carbocycles. The van der Waals surface area contributed by atoms with Gasteiger partial charge in [-0.25, -0.2) is 18.6 Å². The van der Waals surface area contributed by atoms with E-state index in [0.717, 1.165) is 6.04 Å². The standard InChI is InChI=1S/C13H18N.ClHO4/c1-2-6-12(7-3-1)14-10-4-8-13(14)9-5-11-14;2-1(3,4)5/h1-3,6-7,13H,4-5,8-11H2;(H,2,3,4,5)/q+1;/p-1. The Hall–Kier alpha value is -0.690. The summed E-state index contributed by atoms with van der Waals surface area (Å²) in [6, 6.07) is 12.1. The monoisotopic (exact) mass is 287 g/mol. The Bertz CT molecular complexity index is 391. The molecule has 1 aromatic rings. The number of quaternary nitrogens is 1. The Morgan fingerprint density at radius 3 is 1.84 bits per heavy atom. The highest BCUT2D eigenvalue weighted by atomic mass is 35.7. The summed E-state index contributed by atoms with van der Waals surface area (Å²) in [5.74, 6) is 0. The van der Waals surface area contributed by atoms with E-state index in [1.165, 1.54) is 43.3 Å². The van der Waals surface area contributed by atoms with Crippen molar-refractivity contribution in [3.05, 3.63) is 30.3 Å². The lowest BCUT2D eigenvalue weighted by atomic mass is 10.1. The van der Waals surface area contributed by atoms with Crippen molar-refractivity contribution < 1.29 is 28.9 Å². The van der Waals surface area contributed by atoms with Crippen LogP contribution >= 0.6 is 0 Å². The van der Waals surface area contributed by atoms with Gasteiger partial charge >= 0.3 is 0 Å². The summed E-state index contributed by atoms with van der Waals surface area (Å²) in [6.07, 6.45) is 5.77. The molecule has 0 amide bonds. The summed E-state index contributed by atoms with van der Waals surface area (Å²) in [6.45, 7) is 2.77. The van der Waals surface area contributed by atoms with Crippen molar-refractivity contribution in [1.29, 1.82) is 0 Å². The van der Waals surface area contributed by atoms with Crippen LogP contribution in [0.4, 0.5) is 5.69 Å². The number of fused-ring (bicyclic) bond motifs is 1. The lowest BCUT2D eigenvalue weighted by Gasteiger charge is -2.34. The Morgan fingerprint density at radius 1 is 0.895 bits per heavy atom. The molecule has 19 heavy (non-hydrogen) atoms. The molecule has 2 aliphatic heterocycles. The first-order valence-electron chi connectivity index (χ1n) is 6.46. The predicted molar refractivity (Wildman–Crippen MR) is 60.2 cm³/mol. The minimum absolute atomic E-state index is 0.942. The fraction of sp³-hybridized carbons (Fsp3) is 0.538. The molecule has 3 rings (SSSR count). The summed E-state index contributed by atoms with van der Waals surface area (Å²) in [5, 5.41) is 0. The first-order valence-corrected chi connectivity index (χ1v) is 7.69. The summed E-state index contributed by atoms with van der Waals surface area (Å²) in [4.78, 5) is 0. The Kier molecular flexibility index (Phi) is 4.45. The number of nitrogens with zero attached hydrogens (tertiary/aromatic N) is 1. The lowest BCUT2D eigenvalue weighted by molar-refractivity contribution is -2.00. The molecule has 0 aromatic heterocycles. The summed E-state index contributed by atoms with van der Waals surface area (Å²) in [7, 11) is -4.94. The van der Waals surface area contributed by atoms with Crippen LogP contribution in [0.5, 0.6) is 0 Å². The van der Waals surface area contributed by atoms with E-state index < -0.39 is 10.2 Å². The van der Waals surface area contributed by atoms with Crippen LogP contribution in [0.2, 0.25) is 0 Å². The van der Waals surface area contributed by atoms with Crippen LogP contribution in [0.3, 0.4) is 0 Å². The van der Waals surface area contributed by atoms with Crippen LogP contribution in [-0.2, 0) is 0 Å². The van der Waals surface area contributed by atoms with Crippen LogP contribution in [0.15, 0.2) is 30.3 Å². The van der Waals surface area contributed by atoms with Gasteiger partial charge in [0.2, 0.25) is 0 Å². The number of para-hydroxylation sites is 1. The van der Waals surface area contributed by atoms with Gasteiger partial charge in [0.25, 0.3) is 0 Å². The van der Waals surface area contributed by atoms with Crippen LogP contribution in [0.25, 0.3) is 0 Å². The van der Waals surface area contributed by atoms with Crippen molar-refractivity contribution in [3.8, 4) is 0 Å². The smallest absolute Gasteiger partial charge is 0.133 e. The Morgan fingerprint density at radius 2 is 1.37 bits per heavy atom. The van der Waals surface area contributed by atoms with E-state index in [0.29, 0.717) is 0 Å². The van der Waals surface area contributed by atoms with Crippen LogP contribution in [0.1, 0.15) is 25.7 Å². The molecule has 5 nitrogen and oxygen atoms in total. The molecule has 0 unspecified atom stereocenters. The van der Waals surface area contributed by atoms with Crippen LogP contribution in [0, 0.1) is 10.2 Å². The normalized spacial score (nSPS) is 29.6. The van der Waals surface area contributed by atoms with E-state index in [1.54, 1.807) is 5.69 Å². The third-order valence-electron chi connectivity index (χ3n) is 4.16. The van der Waals surface area contributed by atoms with E-state index >= 15 is 0 Å². The second-order valence-corrected chi connectivity index (χ2v) is 5.89. The van der Waals surface area contributed by atoms with E-state index in [-0.39, 0.29) is 0 Å². The van der Waals surface area contributed by atoms with E-state index in [9.17, 15) is 0 Å². The van der Waals surface area contributed by atoms with Crippen molar-refractivity contribution in [2.24, 2.45) is 0 Å². The van der Waals surface area contributed by atoms with Gasteiger partial charge in [0.1, 0.15) is 5.69 Å². The van der Waals surface area contributed by atoms with Crippen molar-refractivity contribution in [2.75, 3.05) is 13.1 Å². The van der Waals surface area contributed by atoms with Crippen molar-refractivity contribution in [2.45, 2.75) is 31.7 Å². The summed E-state index contributed by atoms with van der Waals surface area (Å²) < 4.78 is 35.3. The second-order valence-electron chi connectivity index (χ2n) is 5.13. The SMILES string of the molecule is [O-][Cl+3]([O-])([O-])[O-].c1ccc([N+]23CCCC2CCC3)cc1. The molecule has 2 aliphatic rings. The van der Waals surface area contributed by atoms with Crippen LogP contribution in [-0.4, -0.2) is 19.1 Å². The molecule has 1 aromatic carbocycles. The largest absolute Gasteiger partial charge is 0.289 e. The van der Waals surface area contributed by atoms with Crippen molar-refractivity contribution >= 4 is 5.69 Å². The molecule has 0 radical (unpaired) electrons. The average Bonchev–Trinajstić information content (AvgIpc) is 2.87. The van der Waals surface area contributed by atoms with Gasteiger partial charge in [-0.2, -0.15) is 0 Å². The number of halogens is 1. The molecule has 0 bridgehead atoms. The zero-order chi connectivity index (χ0) is 13.9. The predicted octanol–water partition coefficient (Wildman–Crippen LogP) is -1.81. The molecule has 106 valence electrons. The van der Waals surface area contributed by atoms with E-state index in [4.69, 9.17) is 18.6 Å². The molecule has 0 saturated carbocycles. The van der Waals surface area contributed by atoms with Gasteiger partial charge in [-0.3, -0.25) is 4.48 Å².